The second kappa shape index (κ2) is 10.9. The monoisotopic (exact) mass is 609 g/mol. The van der Waals surface area contributed by atoms with Crippen LogP contribution in [0.1, 0.15) is 50.3 Å². The van der Waals surface area contributed by atoms with Crippen LogP contribution in [0.15, 0.2) is 18.3 Å². The summed E-state index contributed by atoms with van der Waals surface area (Å²) in [7, 11) is 2.08. The number of thiophene rings is 1. The van der Waals surface area contributed by atoms with Crippen LogP contribution in [0.25, 0.3) is 32.1 Å². The lowest BCUT2D eigenvalue weighted by Crippen LogP contribution is -2.30. The molecule has 0 unspecified atom stereocenters. The van der Waals surface area contributed by atoms with E-state index >= 15 is 4.39 Å². The van der Waals surface area contributed by atoms with Crippen molar-refractivity contribution in [3.8, 4) is 23.2 Å². The number of fused-ring (bicyclic) bond motifs is 4. The number of rotatable bonds is 5. The van der Waals surface area contributed by atoms with E-state index in [1.807, 2.05) is 0 Å². The van der Waals surface area contributed by atoms with E-state index in [1.165, 1.54) is 6.07 Å². The van der Waals surface area contributed by atoms with Gasteiger partial charge in [0.25, 0.3) is 0 Å². The number of nitrogens with zero attached hydrogens (tertiary/aromatic N) is 4. The third-order valence-electron chi connectivity index (χ3n) is 7.54. The van der Waals surface area contributed by atoms with E-state index in [4.69, 9.17) is 30.8 Å². The zero-order valence-corrected chi connectivity index (χ0v) is 25.2. The van der Waals surface area contributed by atoms with E-state index in [0.717, 1.165) is 47.2 Å². The predicted octanol–water partition coefficient (Wildman–Crippen LogP) is 7.03. The summed E-state index contributed by atoms with van der Waals surface area (Å²) in [5.74, 6) is -0.521. The molecule has 1 saturated heterocycles. The Morgan fingerprint density at radius 1 is 1.33 bits per heavy atom. The summed E-state index contributed by atoms with van der Waals surface area (Å²) < 4.78 is 32.6. The molecule has 2 aliphatic heterocycles. The predicted molar refractivity (Wildman–Crippen MR) is 160 cm³/mol. The van der Waals surface area contributed by atoms with Gasteiger partial charge in [-0.05, 0) is 70.0 Å². The van der Waals surface area contributed by atoms with Gasteiger partial charge in [-0.2, -0.15) is 10.2 Å². The Bertz CT molecular complexity index is 1780. The summed E-state index contributed by atoms with van der Waals surface area (Å²) in [4.78, 5) is 24.0. The molecule has 1 atom stereocenters. The van der Waals surface area contributed by atoms with Crippen LogP contribution in [-0.4, -0.2) is 52.8 Å². The van der Waals surface area contributed by atoms with Gasteiger partial charge in [-0.15, -0.1) is 11.3 Å². The Morgan fingerprint density at radius 2 is 2.12 bits per heavy atom. The SMILES string of the molecule is CN1CCC[C@H]1COc1ncc2c3c(c(-c4ccc(F)c5sc(NC(=O)OC(C)(C)C)c(C#N)c45)c(Cl)c2n1)COC3. The summed E-state index contributed by atoms with van der Waals surface area (Å²) in [6.07, 6.45) is 3.14. The lowest BCUT2D eigenvalue weighted by Gasteiger charge is -2.19. The molecule has 1 amide bonds. The largest absolute Gasteiger partial charge is 0.462 e. The quantitative estimate of drug-likeness (QED) is 0.257. The molecule has 9 nitrogen and oxygen atoms in total. The van der Waals surface area contributed by atoms with Crippen LogP contribution in [0.3, 0.4) is 0 Å². The fraction of sp³-hybridized carbons (Fsp3) is 0.400. The number of halogens is 2. The van der Waals surface area contributed by atoms with Crippen molar-refractivity contribution in [1.82, 2.24) is 14.9 Å². The number of aromatic nitrogens is 2. The van der Waals surface area contributed by atoms with Gasteiger partial charge in [0, 0.05) is 28.6 Å². The van der Waals surface area contributed by atoms with Crippen LogP contribution < -0.4 is 10.1 Å². The molecular formula is C30H29ClFN5O4S. The molecule has 0 aliphatic carbocycles. The Balaban J connectivity index is 1.49. The van der Waals surface area contributed by atoms with E-state index in [9.17, 15) is 10.1 Å². The minimum Gasteiger partial charge on any atom is -0.462 e. The second-order valence-corrected chi connectivity index (χ2v) is 12.9. The highest BCUT2D eigenvalue weighted by atomic mass is 35.5. The number of hydrogen-bond donors (Lipinski definition) is 1. The smallest absolute Gasteiger partial charge is 0.412 e. The van der Waals surface area contributed by atoms with Crippen LogP contribution in [0.5, 0.6) is 6.01 Å². The number of carbonyl (C=O) groups is 1. The number of hydrogen-bond acceptors (Lipinski definition) is 9. The number of nitrogens with one attached hydrogen (secondary N) is 1. The van der Waals surface area contributed by atoms with Gasteiger partial charge in [0.2, 0.25) is 0 Å². The Labute approximate surface area is 251 Å². The van der Waals surface area contributed by atoms with E-state index < -0.39 is 17.5 Å². The molecule has 1 N–H and O–H groups in total. The zero-order valence-electron chi connectivity index (χ0n) is 23.6. The first-order chi connectivity index (χ1) is 20.1. The molecule has 4 aromatic rings. The molecule has 2 aliphatic rings. The third-order valence-corrected chi connectivity index (χ3v) is 9.02. The highest BCUT2D eigenvalue weighted by Crippen LogP contribution is 2.48. The van der Waals surface area contributed by atoms with Crippen molar-refractivity contribution >= 4 is 55.0 Å². The van der Waals surface area contributed by atoms with E-state index in [-0.39, 0.29) is 27.9 Å². The van der Waals surface area contributed by atoms with Crippen LogP contribution in [-0.2, 0) is 22.7 Å². The van der Waals surface area contributed by atoms with Gasteiger partial charge in [0.05, 0.1) is 34.0 Å². The lowest BCUT2D eigenvalue weighted by atomic mass is 9.91. The summed E-state index contributed by atoms with van der Waals surface area (Å²) >= 11 is 8.08. The Kier molecular flexibility index (Phi) is 7.43. The number of nitriles is 1. The maximum absolute atomic E-state index is 15.2. The number of benzene rings is 2. The Morgan fingerprint density at radius 3 is 2.83 bits per heavy atom. The molecule has 218 valence electrons. The first-order valence-electron chi connectivity index (χ1n) is 13.6. The minimum atomic E-state index is -0.749. The van der Waals surface area contributed by atoms with Crippen LogP contribution >= 0.6 is 22.9 Å². The molecule has 12 heteroatoms. The fourth-order valence-electron chi connectivity index (χ4n) is 5.58. The van der Waals surface area contributed by atoms with Gasteiger partial charge in [0.15, 0.2) is 0 Å². The van der Waals surface area contributed by atoms with Gasteiger partial charge < -0.3 is 19.1 Å². The number of likely N-dealkylation sites (tertiary alicyclic amines) is 1. The second-order valence-electron chi connectivity index (χ2n) is 11.5. The molecule has 2 aromatic heterocycles. The first-order valence-corrected chi connectivity index (χ1v) is 14.8. The minimum absolute atomic E-state index is 0.117. The first kappa shape index (κ1) is 28.6. The highest BCUT2D eigenvalue weighted by molar-refractivity contribution is 7.23. The molecule has 4 heterocycles. The van der Waals surface area contributed by atoms with Gasteiger partial charge in [-0.25, -0.2) is 14.2 Å². The summed E-state index contributed by atoms with van der Waals surface area (Å²) in [5, 5.41) is 14.4. The van der Waals surface area contributed by atoms with Crippen molar-refractivity contribution in [2.24, 2.45) is 0 Å². The molecule has 1 fully saturated rings. The van der Waals surface area contributed by atoms with E-state index in [1.54, 1.807) is 33.0 Å². The number of amides is 1. The topological polar surface area (TPSA) is 110 Å². The van der Waals surface area contributed by atoms with Gasteiger partial charge in [-0.3, -0.25) is 5.32 Å². The van der Waals surface area contributed by atoms with Crippen molar-refractivity contribution in [2.45, 2.75) is 58.5 Å². The van der Waals surface area contributed by atoms with Gasteiger partial charge in [-0.1, -0.05) is 17.7 Å². The van der Waals surface area contributed by atoms with E-state index in [0.29, 0.717) is 46.3 Å². The molecule has 0 bridgehead atoms. The lowest BCUT2D eigenvalue weighted by molar-refractivity contribution is 0.0636. The summed E-state index contributed by atoms with van der Waals surface area (Å²) in [6.45, 7) is 7.31. The average Bonchev–Trinajstić information content (AvgIpc) is 3.66. The van der Waals surface area contributed by atoms with Crippen molar-refractivity contribution in [2.75, 3.05) is 25.5 Å². The van der Waals surface area contributed by atoms with Gasteiger partial charge in [0.1, 0.15) is 29.1 Å². The molecule has 2 aromatic carbocycles. The van der Waals surface area contributed by atoms with Crippen molar-refractivity contribution in [1.29, 1.82) is 5.26 Å². The molecule has 6 rings (SSSR count). The molecular weight excluding hydrogens is 581 g/mol. The van der Waals surface area contributed by atoms with Crippen LogP contribution in [0.4, 0.5) is 14.2 Å². The maximum Gasteiger partial charge on any atom is 0.412 e. The summed E-state index contributed by atoms with van der Waals surface area (Å²) in [6, 6.07) is 5.60. The average molecular weight is 610 g/mol. The summed E-state index contributed by atoms with van der Waals surface area (Å²) in [5.41, 5.74) is 2.69. The fourth-order valence-corrected chi connectivity index (χ4v) is 7.01. The van der Waals surface area contributed by atoms with Crippen LogP contribution in [0, 0.1) is 17.1 Å². The molecule has 42 heavy (non-hydrogen) atoms. The molecule has 0 saturated carbocycles. The third kappa shape index (κ3) is 5.13. The highest BCUT2D eigenvalue weighted by Gasteiger charge is 2.30. The number of carbonyl (C=O) groups excluding carboxylic acids is 1. The number of likely N-dealkylation sites (N-methyl/N-ethyl adjacent to an activating group) is 1. The number of anilines is 1. The van der Waals surface area contributed by atoms with Crippen LogP contribution in [0.2, 0.25) is 5.02 Å². The normalized spacial score (nSPS) is 17.0. The molecule has 0 spiro atoms. The van der Waals surface area contributed by atoms with E-state index in [2.05, 4.69) is 28.3 Å². The Hall–Kier alpha value is -3.56. The molecule has 0 radical (unpaired) electrons. The van der Waals surface area contributed by atoms with Gasteiger partial charge >= 0.3 is 12.1 Å². The zero-order chi connectivity index (χ0) is 29.8. The van der Waals surface area contributed by atoms with Crippen molar-refractivity contribution < 1.29 is 23.4 Å². The number of ether oxygens (including phenoxy) is 3. The van der Waals surface area contributed by atoms with Crippen molar-refractivity contribution in [3.63, 3.8) is 0 Å². The standard InChI is InChI=1S/C30H29ClFN5O4S/c1-30(2,3)41-29(38)36-27-17(10-33)23-16(7-8-21(32)26(23)42-27)22-20-14-39-13-19(20)18-11-34-28(35-25(18)24(22)31)40-12-15-6-5-9-37(15)4/h7-8,11,15H,5-6,9,12-14H2,1-4H3,(H,36,38)/t15-/m0/s1. The maximum atomic E-state index is 15.2. The van der Waals surface area contributed by atoms with Crippen molar-refractivity contribution in [3.05, 3.63) is 45.9 Å².